The monoisotopic (exact) mass is 313 g/mol. The second-order valence-electron chi connectivity index (χ2n) is 4.33. The lowest BCUT2D eigenvalue weighted by molar-refractivity contribution is -0.136. The van der Waals surface area contributed by atoms with Crippen LogP contribution >= 0.6 is 11.3 Å². The van der Waals surface area contributed by atoms with Gasteiger partial charge in [-0.3, -0.25) is 4.79 Å². The van der Waals surface area contributed by atoms with Gasteiger partial charge in [-0.25, -0.2) is 13.8 Å². The Morgan fingerprint density at radius 3 is 2.86 bits per heavy atom. The van der Waals surface area contributed by atoms with Crippen molar-refractivity contribution in [1.82, 2.24) is 4.98 Å². The van der Waals surface area contributed by atoms with Gasteiger partial charge in [-0.1, -0.05) is 0 Å². The molecule has 0 saturated heterocycles. The molecule has 0 spiro atoms. The number of hydrogen-bond donors (Lipinski definition) is 1. The van der Waals surface area contributed by atoms with Crippen LogP contribution in [-0.2, 0) is 17.6 Å². The van der Waals surface area contributed by atoms with Crippen molar-refractivity contribution in [2.24, 2.45) is 0 Å². The standard InChI is InChI=1S/C14H13F2NO3S/c15-11-4-3-10(7-12(11)16)20-5-1-2-13-17-9(8-21-13)6-14(18)19/h3-4,7-8H,1-2,5-6H2,(H,18,19). The summed E-state index contributed by atoms with van der Waals surface area (Å²) >= 11 is 1.40. The SMILES string of the molecule is O=C(O)Cc1csc(CCCOc2ccc(F)c(F)c2)n1. The van der Waals surface area contributed by atoms with Crippen LogP contribution in [0.3, 0.4) is 0 Å². The van der Waals surface area contributed by atoms with Crippen LogP contribution in [0.5, 0.6) is 5.75 Å². The molecule has 0 aliphatic carbocycles. The lowest BCUT2D eigenvalue weighted by atomic mass is 10.3. The van der Waals surface area contributed by atoms with Gasteiger partial charge in [0.25, 0.3) is 0 Å². The second-order valence-corrected chi connectivity index (χ2v) is 5.27. The quantitative estimate of drug-likeness (QED) is 0.798. The van der Waals surface area contributed by atoms with Gasteiger partial charge in [0, 0.05) is 17.9 Å². The summed E-state index contributed by atoms with van der Waals surface area (Å²) in [6, 6.07) is 3.39. The third-order valence-electron chi connectivity index (χ3n) is 2.63. The van der Waals surface area contributed by atoms with Crippen molar-refractivity contribution in [3.05, 3.63) is 45.9 Å². The van der Waals surface area contributed by atoms with E-state index in [0.29, 0.717) is 25.1 Å². The summed E-state index contributed by atoms with van der Waals surface area (Å²) in [5.74, 6) is -2.48. The number of carboxylic acids is 1. The van der Waals surface area contributed by atoms with Crippen molar-refractivity contribution in [3.63, 3.8) is 0 Å². The molecule has 1 heterocycles. The van der Waals surface area contributed by atoms with Crippen LogP contribution in [0, 0.1) is 11.6 Å². The average Bonchev–Trinajstić information content (AvgIpc) is 2.85. The summed E-state index contributed by atoms with van der Waals surface area (Å²) in [5.41, 5.74) is 0.545. The number of aryl methyl sites for hydroxylation is 1. The molecule has 1 N–H and O–H groups in total. The Balaban J connectivity index is 1.75. The van der Waals surface area contributed by atoms with Gasteiger partial charge >= 0.3 is 5.97 Å². The summed E-state index contributed by atoms with van der Waals surface area (Å²) in [5, 5.41) is 11.2. The molecule has 0 aliphatic rings. The highest BCUT2D eigenvalue weighted by Gasteiger charge is 2.07. The molecule has 0 aliphatic heterocycles. The van der Waals surface area contributed by atoms with E-state index in [1.807, 2.05) is 0 Å². The zero-order chi connectivity index (χ0) is 15.2. The van der Waals surface area contributed by atoms with Crippen LogP contribution < -0.4 is 4.74 Å². The van der Waals surface area contributed by atoms with E-state index in [0.717, 1.165) is 17.1 Å². The minimum Gasteiger partial charge on any atom is -0.493 e. The molecule has 0 unspecified atom stereocenters. The van der Waals surface area contributed by atoms with Gasteiger partial charge in [0.1, 0.15) is 5.75 Å². The topological polar surface area (TPSA) is 59.4 Å². The molecule has 0 fully saturated rings. The highest BCUT2D eigenvalue weighted by atomic mass is 32.1. The minimum atomic E-state index is -0.939. The first-order chi connectivity index (χ1) is 10.0. The Morgan fingerprint density at radius 2 is 2.14 bits per heavy atom. The van der Waals surface area contributed by atoms with Crippen molar-refractivity contribution >= 4 is 17.3 Å². The third-order valence-corrected chi connectivity index (χ3v) is 3.58. The molecule has 4 nitrogen and oxygen atoms in total. The Labute approximate surface area is 124 Å². The van der Waals surface area contributed by atoms with Crippen molar-refractivity contribution in [3.8, 4) is 5.75 Å². The molecule has 1 aromatic carbocycles. The number of aliphatic carboxylic acids is 1. The Bertz CT molecular complexity index is 630. The maximum absolute atomic E-state index is 12.9. The van der Waals surface area contributed by atoms with Gasteiger partial charge in [-0.2, -0.15) is 0 Å². The minimum absolute atomic E-state index is 0.0815. The molecule has 0 amide bonds. The highest BCUT2D eigenvalue weighted by Crippen LogP contribution is 2.16. The van der Waals surface area contributed by atoms with E-state index in [1.165, 1.54) is 17.4 Å². The second kappa shape index (κ2) is 7.12. The van der Waals surface area contributed by atoms with E-state index in [-0.39, 0.29) is 12.2 Å². The molecule has 21 heavy (non-hydrogen) atoms. The van der Waals surface area contributed by atoms with Crippen molar-refractivity contribution in [2.75, 3.05) is 6.61 Å². The number of carbonyl (C=O) groups is 1. The Morgan fingerprint density at radius 1 is 1.33 bits per heavy atom. The van der Waals surface area contributed by atoms with Crippen LogP contribution in [0.1, 0.15) is 17.1 Å². The number of halogens is 2. The molecule has 0 bridgehead atoms. The molecular formula is C14H13F2NO3S. The van der Waals surface area contributed by atoms with E-state index in [9.17, 15) is 13.6 Å². The number of aromatic nitrogens is 1. The molecule has 0 atom stereocenters. The largest absolute Gasteiger partial charge is 0.493 e. The predicted molar refractivity (Wildman–Crippen MR) is 73.6 cm³/mol. The predicted octanol–water partition coefficient (Wildman–Crippen LogP) is 3.06. The van der Waals surface area contributed by atoms with Crippen LogP contribution in [0.2, 0.25) is 0 Å². The number of benzene rings is 1. The van der Waals surface area contributed by atoms with Gasteiger partial charge in [0.2, 0.25) is 0 Å². The Hall–Kier alpha value is -2.02. The Kier molecular flexibility index (Phi) is 5.21. The van der Waals surface area contributed by atoms with Gasteiger partial charge in [0.05, 0.1) is 23.7 Å². The van der Waals surface area contributed by atoms with Gasteiger partial charge < -0.3 is 9.84 Å². The molecule has 2 rings (SSSR count). The first kappa shape index (κ1) is 15.4. The first-order valence-electron chi connectivity index (χ1n) is 6.27. The number of thiazole rings is 1. The lowest BCUT2D eigenvalue weighted by Gasteiger charge is -2.05. The average molecular weight is 313 g/mol. The summed E-state index contributed by atoms with van der Waals surface area (Å²) in [7, 11) is 0. The van der Waals surface area contributed by atoms with Gasteiger partial charge in [0.15, 0.2) is 11.6 Å². The fraction of sp³-hybridized carbons (Fsp3) is 0.286. The van der Waals surface area contributed by atoms with E-state index >= 15 is 0 Å². The normalized spacial score (nSPS) is 10.6. The lowest BCUT2D eigenvalue weighted by Crippen LogP contribution is -2.02. The van der Waals surface area contributed by atoms with E-state index in [1.54, 1.807) is 5.38 Å². The third kappa shape index (κ3) is 4.78. The molecule has 0 radical (unpaired) electrons. The van der Waals surface area contributed by atoms with Crippen LogP contribution in [0.25, 0.3) is 0 Å². The zero-order valence-corrected chi connectivity index (χ0v) is 11.8. The number of rotatable bonds is 7. The summed E-state index contributed by atoms with van der Waals surface area (Å²) < 4.78 is 31.0. The van der Waals surface area contributed by atoms with Gasteiger partial charge in [-0.05, 0) is 18.6 Å². The molecule has 112 valence electrons. The summed E-state index contributed by atoms with van der Waals surface area (Å²) in [4.78, 5) is 14.7. The summed E-state index contributed by atoms with van der Waals surface area (Å²) in [6.45, 7) is 0.346. The highest BCUT2D eigenvalue weighted by molar-refractivity contribution is 7.09. The first-order valence-corrected chi connectivity index (χ1v) is 7.15. The smallest absolute Gasteiger partial charge is 0.309 e. The number of nitrogens with zero attached hydrogens (tertiary/aromatic N) is 1. The van der Waals surface area contributed by atoms with Crippen molar-refractivity contribution in [2.45, 2.75) is 19.3 Å². The van der Waals surface area contributed by atoms with E-state index in [2.05, 4.69) is 4.98 Å². The maximum Gasteiger partial charge on any atom is 0.309 e. The maximum atomic E-state index is 12.9. The molecule has 0 saturated carbocycles. The number of hydrogen-bond acceptors (Lipinski definition) is 4. The number of ether oxygens (including phenoxy) is 1. The molecule has 2 aromatic rings. The van der Waals surface area contributed by atoms with Crippen LogP contribution in [0.15, 0.2) is 23.6 Å². The number of carboxylic acid groups (broad SMARTS) is 1. The van der Waals surface area contributed by atoms with E-state index < -0.39 is 17.6 Å². The van der Waals surface area contributed by atoms with Crippen molar-refractivity contribution < 1.29 is 23.4 Å². The van der Waals surface area contributed by atoms with Gasteiger partial charge in [-0.15, -0.1) is 11.3 Å². The summed E-state index contributed by atoms with van der Waals surface area (Å²) in [6.07, 6.45) is 1.22. The van der Waals surface area contributed by atoms with Crippen LogP contribution in [0.4, 0.5) is 8.78 Å². The van der Waals surface area contributed by atoms with Crippen LogP contribution in [-0.4, -0.2) is 22.7 Å². The molecular weight excluding hydrogens is 300 g/mol. The molecule has 1 aromatic heterocycles. The fourth-order valence-corrected chi connectivity index (χ4v) is 2.52. The molecule has 7 heteroatoms. The zero-order valence-electron chi connectivity index (χ0n) is 11.0. The fourth-order valence-electron chi connectivity index (χ4n) is 1.68. The van der Waals surface area contributed by atoms with E-state index in [4.69, 9.17) is 9.84 Å². The van der Waals surface area contributed by atoms with Crippen molar-refractivity contribution in [1.29, 1.82) is 0 Å².